The molecule has 0 aliphatic carbocycles. The number of rotatable bonds is 4. The summed E-state index contributed by atoms with van der Waals surface area (Å²) >= 11 is 0. The van der Waals surface area contributed by atoms with Crippen molar-refractivity contribution in [1.29, 1.82) is 0 Å². The summed E-state index contributed by atoms with van der Waals surface area (Å²) in [6.45, 7) is 1.79. The van der Waals surface area contributed by atoms with Crippen LogP contribution in [0.4, 0.5) is 0 Å². The maximum Gasteiger partial charge on any atom is 0.261 e. The van der Waals surface area contributed by atoms with Crippen molar-refractivity contribution in [1.82, 2.24) is 10.2 Å². The number of ether oxygens (including phenoxy) is 2. The van der Waals surface area contributed by atoms with E-state index in [1.807, 2.05) is 0 Å². The van der Waals surface area contributed by atoms with Gasteiger partial charge in [-0.2, -0.15) is 5.10 Å². The molecule has 2 aromatic rings. The van der Waals surface area contributed by atoms with Gasteiger partial charge >= 0.3 is 0 Å². The summed E-state index contributed by atoms with van der Waals surface area (Å²) < 4.78 is 33.2. The molecule has 1 aromatic carbocycles. The normalized spacial score (nSPS) is 11.2. The van der Waals surface area contributed by atoms with E-state index in [1.165, 1.54) is 25.3 Å². The molecule has 0 aliphatic heterocycles. The molecule has 0 fully saturated rings. The van der Waals surface area contributed by atoms with E-state index < -0.39 is 9.05 Å². The van der Waals surface area contributed by atoms with Crippen LogP contribution in [0.15, 0.2) is 35.2 Å². The second kappa shape index (κ2) is 5.64. The minimum atomic E-state index is -3.85. The Morgan fingerprint density at radius 2 is 1.85 bits per heavy atom. The average molecular weight is 315 g/mol. The van der Waals surface area contributed by atoms with Crippen LogP contribution in [0.5, 0.6) is 17.4 Å². The van der Waals surface area contributed by atoms with Gasteiger partial charge in [0.25, 0.3) is 9.05 Å². The fourth-order valence-corrected chi connectivity index (χ4v) is 2.21. The molecule has 0 unspecified atom stereocenters. The Kier molecular flexibility index (Phi) is 4.10. The molecule has 2 rings (SSSR count). The van der Waals surface area contributed by atoms with E-state index in [0.717, 1.165) is 5.69 Å². The summed E-state index contributed by atoms with van der Waals surface area (Å²) in [7, 11) is 2.89. The highest BCUT2D eigenvalue weighted by atomic mass is 35.7. The third kappa shape index (κ3) is 3.37. The highest BCUT2D eigenvalue weighted by Gasteiger charge is 2.15. The predicted molar refractivity (Wildman–Crippen MR) is 72.9 cm³/mol. The lowest BCUT2D eigenvalue weighted by atomic mass is 10.3. The van der Waals surface area contributed by atoms with Gasteiger partial charge in [-0.25, -0.2) is 8.42 Å². The Hall–Kier alpha value is -1.86. The predicted octanol–water partition coefficient (Wildman–Crippen LogP) is 2.51. The zero-order valence-electron chi connectivity index (χ0n) is 10.7. The highest BCUT2D eigenvalue weighted by Crippen LogP contribution is 2.33. The molecule has 106 valence electrons. The number of nitrogens with zero attached hydrogens (tertiary/aromatic N) is 2. The molecular weight excluding hydrogens is 304 g/mol. The smallest absolute Gasteiger partial charge is 0.261 e. The van der Waals surface area contributed by atoms with E-state index in [1.54, 1.807) is 19.1 Å². The quantitative estimate of drug-likeness (QED) is 0.807. The first-order valence-corrected chi connectivity index (χ1v) is 7.82. The van der Waals surface area contributed by atoms with E-state index in [0.29, 0.717) is 5.75 Å². The summed E-state index contributed by atoms with van der Waals surface area (Å²) in [6, 6.07) is 7.38. The minimum Gasteiger partial charge on any atom is -0.493 e. The molecule has 0 atom stereocenters. The van der Waals surface area contributed by atoms with Crippen molar-refractivity contribution < 1.29 is 17.9 Å². The fraction of sp³-hybridized carbons (Fsp3) is 0.167. The summed E-state index contributed by atoms with van der Waals surface area (Å²) in [6.07, 6.45) is 0. The molecule has 6 nitrogen and oxygen atoms in total. The Balaban J connectivity index is 2.41. The van der Waals surface area contributed by atoms with Crippen LogP contribution in [0.1, 0.15) is 5.69 Å². The largest absolute Gasteiger partial charge is 0.493 e. The highest BCUT2D eigenvalue weighted by molar-refractivity contribution is 8.13. The van der Waals surface area contributed by atoms with Crippen LogP contribution >= 0.6 is 10.7 Å². The number of hydrogen-bond donors (Lipinski definition) is 0. The average Bonchev–Trinajstić information content (AvgIpc) is 2.40. The van der Waals surface area contributed by atoms with Crippen molar-refractivity contribution in [3.8, 4) is 17.4 Å². The van der Waals surface area contributed by atoms with Gasteiger partial charge in [-0.05, 0) is 25.1 Å². The van der Waals surface area contributed by atoms with E-state index in [2.05, 4.69) is 10.2 Å². The summed E-state index contributed by atoms with van der Waals surface area (Å²) in [5, 5.41) is 7.67. The molecular formula is C12H11ClN2O4S. The molecule has 0 bridgehead atoms. The van der Waals surface area contributed by atoms with Gasteiger partial charge in [0, 0.05) is 22.8 Å². The zero-order chi connectivity index (χ0) is 14.8. The second-order valence-corrected chi connectivity index (χ2v) is 6.43. The first-order valence-electron chi connectivity index (χ1n) is 5.51. The van der Waals surface area contributed by atoms with Crippen LogP contribution in [0.3, 0.4) is 0 Å². The molecule has 8 heteroatoms. The van der Waals surface area contributed by atoms with Crippen molar-refractivity contribution in [3.63, 3.8) is 0 Å². The maximum absolute atomic E-state index is 11.3. The van der Waals surface area contributed by atoms with Crippen molar-refractivity contribution in [2.75, 3.05) is 7.11 Å². The maximum atomic E-state index is 11.3. The van der Waals surface area contributed by atoms with E-state index in [9.17, 15) is 8.42 Å². The summed E-state index contributed by atoms with van der Waals surface area (Å²) in [5.41, 5.74) is 0.737. The van der Waals surface area contributed by atoms with Gasteiger partial charge in [-0.15, -0.1) is 5.10 Å². The molecule has 0 saturated heterocycles. The molecule has 1 heterocycles. The van der Waals surface area contributed by atoms with Gasteiger partial charge in [-0.3, -0.25) is 0 Å². The van der Waals surface area contributed by atoms with Crippen molar-refractivity contribution in [3.05, 3.63) is 36.0 Å². The van der Waals surface area contributed by atoms with Gasteiger partial charge in [0.1, 0.15) is 0 Å². The lowest BCUT2D eigenvalue weighted by molar-refractivity contribution is 0.371. The number of methoxy groups -OCH3 is 1. The standard InChI is InChI=1S/C12H11ClN2O4S/c1-8-3-6-12(15-14-8)19-11-7-9(20(13,16)17)4-5-10(11)18-2/h3-7H,1-2H3. The molecule has 0 aliphatic rings. The molecule has 1 aromatic heterocycles. The second-order valence-electron chi connectivity index (χ2n) is 3.87. The number of aryl methyl sites for hydroxylation is 1. The number of aromatic nitrogens is 2. The van der Waals surface area contributed by atoms with Crippen molar-refractivity contribution in [2.45, 2.75) is 11.8 Å². The first kappa shape index (κ1) is 14.5. The molecule has 0 N–H and O–H groups in total. The molecule has 20 heavy (non-hydrogen) atoms. The lowest BCUT2D eigenvalue weighted by Crippen LogP contribution is -1.97. The number of hydrogen-bond acceptors (Lipinski definition) is 6. The van der Waals surface area contributed by atoms with Gasteiger partial charge in [0.15, 0.2) is 11.5 Å². The van der Waals surface area contributed by atoms with Crippen LogP contribution in [0.25, 0.3) is 0 Å². The third-order valence-corrected chi connectivity index (χ3v) is 3.76. The monoisotopic (exact) mass is 314 g/mol. The summed E-state index contributed by atoms with van der Waals surface area (Å²) in [4.78, 5) is -0.0879. The number of halogens is 1. The lowest BCUT2D eigenvalue weighted by Gasteiger charge is -2.10. The Morgan fingerprint density at radius 3 is 2.40 bits per heavy atom. The first-order chi connectivity index (χ1) is 9.40. The topological polar surface area (TPSA) is 78.4 Å². The Labute approximate surface area is 120 Å². The molecule has 0 saturated carbocycles. The summed E-state index contributed by atoms with van der Waals surface area (Å²) in [5.74, 6) is 0.766. The van der Waals surface area contributed by atoms with Gasteiger partial charge < -0.3 is 9.47 Å². The minimum absolute atomic E-state index is 0.0879. The molecule has 0 spiro atoms. The Bertz CT molecular complexity index is 717. The van der Waals surface area contributed by atoms with Gasteiger partial charge in [0.2, 0.25) is 5.88 Å². The van der Waals surface area contributed by atoms with Crippen LogP contribution in [-0.2, 0) is 9.05 Å². The van der Waals surface area contributed by atoms with Crippen LogP contribution in [-0.4, -0.2) is 25.7 Å². The van der Waals surface area contributed by atoms with Crippen molar-refractivity contribution in [2.24, 2.45) is 0 Å². The zero-order valence-corrected chi connectivity index (χ0v) is 12.3. The molecule has 0 amide bonds. The molecule has 0 radical (unpaired) electrons. The number of benzene rings is 1. The Morgan fingerprint density at radius 1 is 1.10 bits per heavy atom. The van der Waals surface area contributed by atoms with Gasteiger partial charge in [0.05, 0.1) is 17.7 Å². The third-order valence-electron chi connectivity index (χ3n) is 2.40. The van der Waals surface area contributed by atoms with Crippen LogP contribution < -0.4 is 9.47 Å². The SMILES string of the molecule is COc1ccc(S(=O)(=O)Cl)cc1Oc1ccc(C)nn1. The van der Waals surface area contributed by atoms with Crippen molar-refractivity contribution >= 4 is 19.7 Å². The van der Waals surface area contributed by atoms with Crippen LogP contribution in [0.2, 0.25) is 0 Å². The van der Waals surface area contributed by atoms with E-state index >= 15 is 0 Å². The van der Waals surface area contributed by atoms with Gasteiger partial charge in [-0.1, -0.05) is 0 Å². The van der Waals surface area contributed by atoms with E-state index in [-0.39, 0.29) is 16.5 Å². The van der Waals surface area contributed by atoms with Crippen LogP contribution in [0, 0.1) is 6.92 Å². The van der Waals surface area contributed by atoms with E-state index in [4.69, 9.17) is 20.2 Å². The fourth-order valence-electron chi connectivity index (χ4n) is 1.44.